The first-order valence-electron chi connectivity index (χ1n) is 10.9. The summed E-state index contributed by atoms with van der Waals surface area (Å²) in [5, 5.41) is 15.6. The van der Waals surface area contributed by atoms with Crippen LogP contribution in [-0.4, -0.2) is 34.8 Å². The SMILES string of the molecule is CCC1(c2ccccc2)C(=O)N=C([O-])NC1=O.CCCC(C)C1(CC)C(=O)N=C([S-])NC1=O.[Na+].[Na+]. The fourth-order valence-corrected chi connectivity index (χ4v) is 4.49. The Morgan fingerprint density at radius 2 is 1.51 bits per heavy atom. The van der Waals surface area contributed by atoms with Crippen molar-refractivity contribution in [2.75, 3.05) is 0 Å². The maximum Gasteiger partial charge on any atom is 1.00 e. The van der Waals surface area contributed by atoms with Gasteiger partial charge in [-0.2, -0.15) is 0 Å². The molecule has 3 unspecified atom stereocenters. The molecule has 3 rings (SSSR count). The molecule has 178 valence electrons. The number of hydrogen-bond acceptors (Lipinski definition) is 6. The van der Waals surface area contributed by atoms with Gasteiger partial charge in [-0.1, -0.05) is 64.4 Å². The molecule has 1 aromatic rings. The molecule has 12 heteroatoms. The van der Waals surface area contributed by atoms with Crippen molar-refractivity contribution < 1.29 is 83.4 Å². The van der Waals surface area contributed by atoms with E-state index in [0.29, 0.717) is 12.0 Å². The summed E-state index contributed by atoms with van der Waals surface area (Å²) in [5.74, 6) is -1.98. The van der Waals surface area contributed by atoms with E-state index in [-0.39, 0.29) is 88.4 Å². The van der Waals surface area contributed by atoms with E-state index in [1.54, 1.807) is 37.3 Å². The van der Waals surface area contributed by atoms with Crippen LogP contribution in [0.2, 0.25) is 0 Å². The number of aliphatic imine (C=N–C) groups is 2. The van der Waals surface area contributed by atoms with Crippen molar-refractivity contribution in [2.24, 2.45) is 21.3 Å². The summed E-state index contributed by atoms with van der Waals surface area (Å²) in [7, 11) is 0. The summed E-state index contributed by atoms with van der Waals surface area (Å²) in [4.78, 5) is 54.9. The van der Waals surface area contributed by atoms with E-state index in [4.69, 9.17) is 12.6 Å². The molecule has 0 aromatic heterocycles. The van der Waals surface area contributed by atoms with E-state index >= 15 is 0 Å². The van der Waals surface area contributed by atoms with Crippen LogP contribution in [0.5, 0.6) is 0 Å². The molecular formula is C23H28N4Na2O5S. The van der Waals surface area contributed by atoms with Crippen molar-refractivity contribution in [2.45, 2.75) is 58.8 Å². The number of nitrogens with zero attached hydrogens (tertiary/aromatic N) is 2. The minimum absolute atomic E-state index is 0. The van der Waals surface area contributed by atoms with Gasteiger partial charge in [0.2, 0.25) is 11.8 Å². The number of nitrogens with one attached hydrogen (secondary N) is 2. The summed E-state index contributed by atoms with van der Waals surface area (Å²) in [6.45, 7) is 7.52. The third kappa shape index (κ3) is 6.80. The number of amidine groups is 2. The van der Waals surface area contributed by atoms with Gasteiger partial charge in [0.1, 0.15) is 5.41 Å². The fourth-order valence-electron chi connectivity index (χ4n) is 4.31. The Balaban J connectivity index is 0.000000626. The van der Waals surface area contributed by atoms with E-state index in [9.17, 15) is 24.3 Å². The minimum Gasteiger partial charge on any atom is -0.846 e. The molecule has 2 aliphatic rings. The summed E-state index contributed by atoms with van der Waals surface area (Å²) in [5.41, 5.74) is -1.82. The quantitative estimate of drug-likeness (QED) is 0.220. The second-order valence-electron chi connectivity index (χ2n) is 7.99. The Hall–Kier alpha value is -1.14. The van der Waals surface area contributed by atoms with Gasteiger partial charge in [0.25, 0.3) is 11.8 Å². The summed E-state index contributed by atoms with van der Waals surface area (Å²) >= 11 is 4.74. The van der Waals surface area contributed by atoms with Crippen LogP contribution in [0.15, 0.2) is 40.3 Å². The second-order valence-corrected chi connectivity index (χ2v) is 8.38. The van der Waals surface area contributed by atoms with Gasteiger partial charge in [-0.3, -0.25) is 19.2 Å². The number of carbonyl (C=O) groups is 4. The third-order valence-corrected chi connectivity index (χ3v) is 6.50. The first-order valence-corrected chi connectivity index (χ1v) is 11.3. The number of carbonyl (C=O) groups excluding carboxylic acids is 4. The van der Waals surface area contributed by atoms with Crippen LogP contribution in [0.3, 0.4) is 0 Å². The topological polar surface area (TPSA) is 140 Å². The number of amides is 4. The smallest absolute Gasteiger partial charge is 0.846 e. The molecule has 2 N–H and O–H groups in total. The summed E-state index contributed by atoms with van der Waals surface area (Å²) < 4.78 is 0. The second kappa shape index (κ2) is 14.6. The predicted molar refractivity (Wildman–Crippen MR) is 124 cm³/mol. The summed E-state index contributed by atoms with van der Waals surface area (Å²) in [6, 6.07) is 7.76. The van der Waals surface area contributed by atoms with Crippen LogP contribution < -0.4 is 74.9 Å². The molecule has 35 heavy (non-hydrogen) atoms. The van der Waals surface area contributed by atoms with Crippen LogP contribution in [-0.2, 0) is 37.2 Å². The maximum absolute atomic E-state index is 12.0. The van der Waals surface area contributed by atoms with Gasteiger partial charge in [-0.15, -0.1) is 0 Å². The predicted octanol–water partition coefficient (Wildman–Crippen LogP) is -4.91. The largest absolute Gasteiger partial charge is 1.00 e. The Morgan fingerprint density at radius 1 is 0.914 bits per heavy atom. The normalized spacial score (nSPS) is 24.2. The molecule has 0 saturated heterocycles. The molecule has 4 amide bonds. The van der Waals surface area contributed by atoms with Crippen molar-refractivity contribution in [3.8, 4) is 0 Å². The molecule has 2 aliphatic heterocycles. The third-order valence-electron chi connectivity index (χ3n) is 6.30. The Bertz CT molecular complexity index is 1000. The van der Waals surface area contributed by atoms with Crippen LogP contribution in [0.1, 0.15) is 58.9 Å². The van der Waals surface area contributed by atoms with E-state index in [0.717, 1.165) is 12.8 Å². The zero-order valence-corrected chi connectivity index (χ0v) is 26.0. The molecule has 0 saturated carbocycles. The molecule has 2 heterocycles. The Morgan fingerprint density at radius 3 is 1.97 bits per heavy atom. The molecule has 9 nitrogen and oxygen atoms in total. The first kappa shape index (κ1) is 33.9. The number of hydrogen-bond donors (Lipinski definition) is 2. The van der Waals surface area contributed by atoms with Crippen LogP contribution in [0, 0.1) is 11.3 Å². The van der Waals surface area contributed by atoms with E-state index in [1.807, 2.05) is 20.8 Å². The molecular weight excluding hydrogens is 490 g/mol. The average Bonchev–Trinajstić information content (AvgIpc) is 2.75. The van der Waals surface area contributed by atoms with Crippen molar-refractivity contribution in [1.29, 1.82) is 0 Å². The molecule has 3 atom stereocenters. The van der Waals surface area contributed by atoms with Gasteiger partial charge in [0, 0.05) is 0 Å². The maximum atomic E-state index is 12.0. The van der Waals surface area contributed by atoms with Gasteiger partial charge in [-0.05, 0) is 35.9 Å². The van der Waals surface area contributed by atoms with Crippen molar-refractivity contribution in [3.05, 3.63) is 35.9 Å². The molecule has 0 fully saturated rings. The fraction of sp³-hybridized carbons (Fsp3) is 0.478. The van der Waals surface area contributed by atoms with Crippen molar-refractivity contribution >= 4 is 47.4 Å². The monoisotopic (exact) mass is 518 g/mol. The molecule has 0 aliphatic carbocycles. The minimum atomic E-state index is -1.37. The van der Waals surface area contributed by atoms with E-state index < -0.39 is 28.7 Å². The van der Waals surface area contributed by atoms with E-state index in [2.05, 4.69) is 20.6 Å². The zero-order chi connectivity index (χ0) is 24.8. The Kier molecular flexibility index (Phi) is 14.1. The van der Waals surface area contributed by atoms with Gasteiger partial charge in [0.15, 0.2) is 5.41 Å². The zero-order valence-electron chi connectivity index (χ0n) is 21.1. The average molecular weight is 519 g/mol. The van der Waals surface area contributed by atoms with Gasteiger partial charge >= 0.3 is 59.1 Å². The number of rotatable bonds is 6. The van der Waals surface area contributed by atoms with Gasteiger partial charge < -0.3 is 28.4 Å². The van der Waals surface area contributed by atoms with Crippen LogP contribution in [0.25, 0.3) is 0 Å². The van der Waals surface area contributed by atoms with Gasteiger partial charge in [0.05, 0.1) is 6.02 Å². The van der Waals surface area contributed by atoms with Crippen molar-refractivity contribution in [3.63, 3.8) is 0 Å². The molecule has 0 spiro atoms. The van der Waals surface area contributed by atoms with Gasteiger partial charge in [-0.25, -0.2) is 9.98 Å². The first-order chi connectivity index (χ1) is 15.6. The molecule has 1 aromatic carbocycles. The molecule has 0 radical (unpaired) electrons. The van der Waals surface area contributed by atoms with Crippen molar-refractivity contribution in [1.82, 2.24) is 10.6 Å². The Labute approximate surface area is 255 Å². The van der Waals surface area contributed by atoms with Crippen LogP contribution >= 0.6 is 0 Å². The summed E-state index contributed by atoms with van der Waals surface area (Å²) in [6.07, 6.45) is 2.49. The van der Waals surface area contributed by atoms with E-state index in [1.165, 1.54) is 0 Å². The number of benzene rings is 1. The molecule has 0 bridgehead atoms. The van der Waals surface area contributed by atoms with Crippen LogP contribution in [0.4, 0.5) is 0 Å². The standard InChI is InChI=1S/C12H12N2O3.C11H18N2O2S.2Na/c1-2-12(8-6-4-3-5-7-8)9(15)13-11(17)14-10(12)16;1-4-6-7(3)11(5-2)8(14)12-10(16)13-9(11)15;;/h3-7H,2H2,1H3,(H2,13,14,15,16,17);7H,4-6H2,1-3H3,(H2,12,13,14,15,16);;/q;;2*+1/p-2.